The minimum Gasteiger partial charge on any atom is -0.462 e. The summed E-state index contributed by atoms with van der Waals surface area (Å²) in [6, 6.07) is 0. The highest BCUT2D eigenvalue weighted by molar-refractivity contribution is 5.71. The van der Waals surface area contributed by atoms with Crippen molar-refractivity contribution in [3.63, 3.8) is 0 Å². The fourth-order valence-electron chi connectivity index (χ4n) is 7.38. The first-order valence-electron chi connectivity index (χ1n) is 24.5. The molecule has 0 aromatic heterocycles. The van der Waals surface area contributed by atoms with Gasteiger partial charge in [-0.15, -0.1) is 0 Å². The molecule has 0 saturated heterocycles. The average molecular weight is 779 g/mol. The van der Waals surface area contributed by atoms with Gasteiger partial charge in [0.05, 0.1) is 0 Å². The van der Waals surface area contributed by atoms with Gasteiger partial charge in [-0.3, -0.25) is 14.4 Å². The van der Waals surface area contributed by atoms with Gasteiger partial charge in [0.25, 0.3) is 0 Å². The molecular weight excluding hydrogens is 685 g/mol. The van der Waals surface area contributed by atoms with Crippen LogP contribution in [0.5, 0.6) is 0 Å². The summed E-state index contributed by atoms with van der Waals surface area (Å²) in [5.74, 6) is -0.865. The number of carbonyl (C=O) groups excluding carboxylic acids is 3. The number of unbranched alkanes of at least 4 members (excludes halogenated alkanes) is 34. The van der Waals surface area contributed by atoms with Gasteiger partial charge in [0.15, 0.2) is 6.10 Å². The monoisotopic (exact) mass is 779 g/mol. The first kappa shape index (κ1) is 53.4. The SMILES string of the molecule is CCCCCCCCCCCCCCCCCCCCCCCCCC(=O)OCC(COC(=O)CCCCCCCC)OC(=O)CCCCCCCCCC. The topological polar surface area (TPSA) is 78.9 Å². The summed E-state index contributed by atoms with van der Waals surface area (Å²) < 4.78 is 16.6. The van der Waals surface area contributed by atoms with E-state index in [0.717, 1.165) is 57.8 Å². The molecular formula is C49H94O6. The molecule has 0 aliphatic heterocycles. The van der Waals surface area contributed by atoms with Crippen LogP contribution in [0.15, 0.2) is 0 Å². The van der Waals surface area contributed by atoms with Crippen molar-refractivity contribution in [3.8, 4) is 0 Å². The van der Waals surface area contributed by atoms with Crippen LogP contribution in [0.3, 0.4) is 0 Å². The largest absolute Gasteiger partial charge is 0.462 e. The van der Waals surface area contributed by atoms with Gasteiger partial charge in [-0.25, -0.2) is 0 Å². The molecule has 55 heavy (non-hydrogen) atoms. The smallest absolute Gasteiger partial charge is 0.306 e. The minimum absolute atomic E-state index is 0.0638. The predicted octanol–water partition coefficient (Wildman–Crippen LogP) is 15.6. The van der Waals surface area contributed by atoms with E-state index in [1.54, 1.807) is 0 Å². The van der Waals surface area contributed by atoms with Crippen molar-refractivity contribution < 1.29 is 28.6 Å². The van der Waals surface area contributed by atoms with Crippen molar-refractivity contribution in [1.29, 1.82) is 0 Å². The quantitative estimate of drug-likeness (QED) is 0.0348. The summed E-state index contributed by atoms with van der Waals surface area (Å²) in [5.41, 5.74) is 0. The van der Waals surface area contributed by atoms with Crippen LogP contribution in [-0.4, -0.2) is 37.2 Å². The molecule has 0 aliphatic rings. The highest BCUT2D eigenvalue weighted by atomic mass is 16.6. The van der Waals surface area contributed by atoms with Crippen LogP contribution in [-0.2, 0) is 28.6 Å². The van der Waals surface area contributed by atoms with Gasteiger partial charge < -0.3 is 14.2 Å². The zero-order valence-electron chi connectivity index (χ0n) is 37.2. The third kappa shape index (κ3) is 43.4. The zero-order chi connectivity index (χ0) is 40.1. The van der Waals surface area contributed by atoms with E-state index < -0.39 is 6.10 Å². The average Bonchev–Trinajstić information content (AvgIpc) is 3.18. The number of hydrogen-bond acceptors (Lipinski definition) is 6. The Bertz CT molecular complexity index is 813. The maximum Gasteiger partial charge on any atom is 0.306 e. The molecule has 0 N–H and O–H groups in total. The number of esters is 3. The van der Waals surface area contributed by atoms with E-state index in [2.05, 4.69) is 20.8 Å². The maximum absolute atomic E-state index is 12.6. The standard InChI is InChI=1S/C49H94O6/c1-4-7-10-13-16-18-19-20-21-22-23-24-25-26-27-28-29-30-31-32-34-36-39-42-48(51)54-45-46(44-53-47(50)41-38-35-15-12-9-6-3)55-49(52)43-40-37-33-17-14-11-8-5-2/h46H,4-45H2,1-3H3. The second-order valence-electron chi connectivity index (χ2n) is 16.7. The van der Waals surface area contributed by atoms with E-state index in [4.69, 9.17) is 14.2 Å². The highest BCUT2D eigenvalue weighted by Gasteiger charge is 2.19. The summed E-state index contributed by atoms with van der Waals surface area (Å²) in [6.07, 6.45) is 47.1. The highest BCUT2D eigenvalue weighted by Crippen LogP contribution is 2.17. The van der Waals surface area contributed by atoms with Gasteiger partial charge in [-0.1, -0.05) is 239 Å². The summed E-state index contributed by atoms with van der Waals surface area (Å²) in [6.45, 7) is 6.58. The van der Waals surface area contributed by atoms with Crippen LogP contribution < -0.4 is 0 Å². The molecule has 6 heteroatoms. The van der Waals surface area contributed by atoms with E-state index in [9.17, 15) is 14.4 Å². The van der Waals surface area contributed by atoms with Crippen molar-refractivity contribution in [2.45, 2.75) is 284 Å². The third-order valence-corrected chi connectivity index (χ3v) is 11.1. The first-order chi connectivity index (χ1) is 27.0. The Balaban J connectivity index is 3.97. The number of carbonyl (C=O) groups is 3. The van der Waals surface area contributed by atoms with Gasteiger partial charge >= 0.3 is 17.9 Å². The molecule has 0 rings (SSSR count). The summed E-state index contributed by atoms with van der Waals surface area (Å²) in [7, 11) is 0. The zero-order valence-corrected chi connectivity index (χ0v) is 37.2. The van der Waals surface area contributed by atoms with Crippen LogP contribution in [0.4, 0.5) is 0 Å². The maximum atomic E-state index is 12.6. The molecule has 1 atom stereocenters. The molecule has 0 spiro atoms. The summed E-state index contributed by atoms with van der Waals surface area (Å²) in [5, 5.41) is 0. The molecule has 6 nitrogen and oxygen atoms in total. The van der Waals surface area contributed by atoms with E-state index in [1.807, 2.05) is 0 Å². The lowest BCUT2D eigenvalue weighted by Crippen LogP contribution is -2.30. The van der Waals surface area contributed by atoms with Crippen LogP contribution >= 0.6 is 0 Å². The molecule has 326 valence electrons. The molecule has 0 amide bonds. The molecule has 0 aromatic rings. The van der Waals surface area contributed by atoms with Crippen molar-refractivity contribution >= 4 is 17.9 Å². The Morgan fingerprint density at radius 1 is 0.291 bits per heavy atom. The van der Waals surface area contributed by atoms with Crippen molar-refractivity contribution in [2.75, 3.05) is 13.2 Å². The third-order valence-electron chi connectivity index (χ3n) is 11.1. The molecule has 0 bridgehead atoms. The van der Waals surface area contributed by atoms with Gasteiger partial charge in [0, 0.05) is 19.3 Å². The summed E-state index contributed by atoms with van der Waals surface area (Å²) >= 11 is 0. The fraction of sp³-hybridized carbons (Fsp3) is 0.939. The van der Waals surface area contributed by atoms with Crippen molar-refractivity contribution in [3.05, 3.63) is 0 Å². The second kappa shape index (κ2) is 45.1. The second-order valence-corrected chi connectivity index (χ2v) is 16.7. The Morgan fingerprint density at radius 3 is 0.727 bits per heavy atom. The van der Waals surface area contributed by atoms with Gasteiger partial charge in [-0.2, -0.15) is 0 Å². The Morgan fingerprint density at radius 2 is 0.491 bits per heavy atom. The molecule has 0 radical (unpaired) electrons. The molecule has 0 heterocycles. The number of hydrogen-bond donors (Lipinski definition) is 0. The van der Waals surface area contributed by atoms with E-state index in [1.165, 1.54) is 180 Å². The van der Waals surface area contributed by atoms with Crippen LogP contribution in [0.25, 0.3) is 0 Å². The lowest BCUT2D eigenvalue weighted by Gasteiger charge is -2.18. The fourth-order valence-corrected chi connectivity index (χ4v) is 7.38. The lowest BCUT2D eigenvalue weighted by molar-refractivity contribution is -0.167. The van der Waals surface area contributed by atoms with Gasteiger partial charge in [0.2, 0.25) is 0 Å². The Kier molecular flexibility index (Phi) is 43.8. The first-order valence-corrected chi connectivity index (χ1v) is 24.5. The number of rotatable bonds is 45. The van der Waals surface area contributed by atoms with Gasteiger partial charge in [0.1, 0.15) is 13.2 Å². The molecule has 0 fully saturated rings. The lowest BCUT2D eigenvalue weighted by atomic mass is 10.0. The predicted molar refractivity (Wildman–Crippen MR) is 233 cm³/mol. The van der Waals surface area contributed by atoms with Gasteiger partial charge in [-0.05, 0) is 19.3 Å². The van der Waals surface area contributed by atoms with E-state index >= 15 is 0 Å². The Labute approximate surface area is 342 Å². The molecule has 0 saturated carbocycles. The number of ether oxygens (including phenoxy) is 3. The normalized spacial score (nSPS) is 11.8. The van der Waals surface area contributed by atoms with E-state index in [-0.39, 0.29) is 31.1 Å². The van der Waals surface area contributed by atoms with Crippen LogP contribution in [0.1, 0.15) is 278 Å². The van der Waals surface area contributed by atoms with Crippen LogP contribution in [0, 0.1) is 0 Å². The summed E-state index contributed by atoms with van der Waals surface area (Å²) in [4.78, 5) is 37.4. The van der Waals surface area contributed by atoms with Crippen LogP contribution in [0.2, 0.25) is 0 Å². The van der Waals surface area contributed by atoms with Crippen molar-refractivity contribution in [1.82, 2.24) is 0 Å². The Hall–Kier alpha value is -1.59. The minimum atomic E-state index is -0.756. The molecule has 0 aliphatic carbocycles. The van der Waals surface area contributed by atoms with E-state index in [0.29, 0.717) is 19.3 Å². The molecule has 0 aromatic carbocycles. The van der Waals surface area contributed by atoms with Crippen molar-refractivity contribution in [2.24, 2.45) is 0 Å². The molecule has 1 unspecified atom stereocenters.